The number of para-hydroxylation sites is 1. The van der Waals surface area contributed by atoms with Gasteiger partial charge in [0.2, 0.25) is 10.0 Å². The van der Waals surface area contributed by atoms with Crippen molar-refractivity contribution in [1.82, 2.24) is 24.9 Å². The number of nitrogens with one attached hydrogen (secondary N) is 1. The highest BCUT2D eigenvalue weighted by atomic mass is 32.2. The van der Waals surface area contributed by atoms with Crippen molar-refractivity contribution in [3.8, 4) is 5.69 Å². The van der Waals surface area contributed by atoms with Crippen LogP contribution in [-0.4, -0.2) is 28.6 Å². The predicted molar refractivity (Wildman–Crippen MR) is 84.3 cm³/mol. The van der Waals surface area contributed by atoms with Crippen molar-refractivity contribution in [2.45, 2.75) is 17.9 Å². The van der Waals surface area contributed by atoms with Gasteiger partial charge in [-0.05, 0) is 41.6 Å². The molecule has 0 unspecified atom stereocenters. The molecule has 1 N–H and O–H groups in total. The molecule has 0 bridgehead atoms. The Labute approximate surface area is 138 Å². The summed E-state index contributed by atoms with van der Waals surface area (Å²) in [5.74, 6) is -0.527. The van der Waals surface area contributed by atoms with Crippen LogP contribution in [0.1, 0.15) is 18.8 Å². The average molecular weight is 347 g/mol. The van der Waals surface area contributed by atoms with E-state index in [-0.39, 0.29) is 0 Å². The molecule has 2 aromatic carbocycles. The summed E-state index contributed by atoms with van der Waals surface area (Å²) >= 11 is 0. The third-order valence-electron chi connectivity index (χ3n) is 3.34. The molecule has 3 rings (SSSR count). The molecule has 9 heteroatoms. The number of hydrogen-bond acceptors (Lipinski definition) is 5. The normalized spacial score (nSPS) is 12.9. The van der Waals surface area contributed by atoms with Crippen molar-refractivity contribution in [2.75, 3.05) is 0 Å². The molecule has 0 aliphatic heterocycles. The number of sulfonamides is 1. The highest BCUT2D eigenvalue weighted by molar-refractivity contribution is 7.89. The molecule has 0 aliphatic rings. The van der Waals surface area contributed by atoms with Crippen molar-refractivity contribution in [1.29, 1.82) is 0 Å². The van der Waals surface area contributed by atoms with E-state index >= 15 is 0 Å². The van der Waals surface area contributed by atoms with Gasteiger partial charge in [-0.1, -0.05) is 30.3 Å². The molecule has 1 atom stereocenters. The zero-order valence-corrected chi connectivity index (χ0v) is 13.5. The summed E-state index contributed by atoms with van der Waals surface area (Å²) in [7, 11) is -4.05. The Kier molecular flexibility index (Phi) is 4.36. The summed E-state index contributed by atoms with van der Waals surface area (Å²) in [6.07, 6.45) is 0. The Bertz CT molecular complexity index is 943. The highest BCUT2D eigenvalue weighted by Gasteiger charge is 2.25. The molecule has 24 heavy (non-hydrogen) atoms. The number of tetrazole rings is 1. The zero-order valence-electron chi connectivity index (χ0n) is 12.7. The fraction of sp³-hybridized carbons (Fsp3) is 0.133. The molecule has 0 amide bonds. The molecule has 3 aromatic rings. The van der Waals surface area contributed by atoms with E-state index in [1.54, 1.807) is 19.1 Å². The molecule has 124 valence electrons. The third-order valence-corrected chi connectivity index (χ3v) is 4.91. The average Bonchev–Trinajstić information content (AvgIpc) is 3.05. The molecule has 0 spiro atoms. The van der Waals surface area contributed by atoms with Crippen molar-refractivity contribution in [3.63, 3.8) is 0 Å². The van der Waals surface area contributed by atoms with E-state index in [0.29, 0.717) is 11.5 Å². The van der Waals surface area contributed by atoms with E-state index < -0.39 is 26.8 Å². The fourth-order valence-corrected chi connectivity index (χ4v) is 3.51. The minimum Gasteiger partial charge on any atom is -0.207 e. The quantitative estimate of drug-likeness (QED) is 0.761. The van der Waals surface area contributed by atoms with Crippen LogP contribution in [0.15, 0.2) is 59.5 Å². The number of hydrogen-bond donors (Lipinski definition) is 1. The van der Waals surface area contributed by atoms with E-state index in [0.717, 1.165) is 6.07 Å². The van der Waals surface area contributed by atoms with Crippen molar-refractivity contribution in [3.05, 3.63) is 66.2 Å². The van der Waals surface area contributed by atoms with Crippen LogP contribution in [0.2, 0.25) is 0 Å². The Morgan fingerprint density at radius 2 is 1.75 bits per heavy atom. The Balaban J connectivity index is 1.90. The van der Waals surface area contributed by atoms with Gasteiger partial charge in [0.15, 0.2) is 5.82 Å². The molecule has 0 radical (unpaired) electrons. The standard InChI is InChI=1S/C15H14FN5O2S/c1-11(18-24(22,23)14-10-6-5-9-13(14)16)15-17-19-20-21(15)12-7-3-2-4-8-12/h2-11,18H,1H3/t11-/m1/s1. The van der Waals surface area contributed by atoms with Crippen molar-refractivity contribution < 1.29 is 12.8 Å². The molecule has 7 nitrogen and oxygen atoms in total. The molecule has 0 aliphatic carbocycles. The van der Waals surface area contributed by atoms with E-state index in [1.165, 1.54) is 22.9 Å². The summed E-state index contributed by atoms with van der Waals surface area (Å²) in [5.41, 5.74) is 0.689. The first-order valence-electron chi connectivity index (χ1n) is 7.09. The van der Waals surface area contributed by atoms with Crippen LogP contribution >= 0.6 is 0 Å². The lowest BCUT2D eigenvalue weighted by Gasteiger charge is -2.14. The maximum absolute atomic E-state index is 13.8. The smallest absolute Gasteiger partial charge is 0.207 e. The van der Waals surface area contributed by atoms with Gasteiger partial charge in [0.25, 0.3) is 0 Å². The summed E-state index contributed by atoms with van der Waals surface area (Å²) in [4.78, 5) is -0.421. The Morgan fingerprint density at radius 1 is 1.08 bits per heavy atom. The Morgan fingerprint density at radius 3 is 2.46 bits per heavy atom. The first-order chi connectivity index (χ1) is 11.5. The van der Waals surface area contributed by atoms with E-state index in [9.17, 15) is 12.8 Å². The lowest BCUT2D eigenvalue weighted by Crippen LogP contribution is -2.29. The van der Waals surface area contributed by atoms with Crippen molar-refractivity contribution in [2.24, 2.45) is 0 Å². The van der Waals surface area contributed by atoms with E-state index in [2.05, 4.69) is 20.2 Å². The monoisotopic (exact) mass is 347 g/mol. The second kappa shape index (κ2) is 6.46. The minimum atomic E-state index is -4.05. The van der Waals surface area contributed by atoms with Crippen LogP contribution in [0, 0.1) is 5.82 Å². The molecular weight excluding hydrogens is 333 g/mol. The van der Waals surface area contributed by atoms with Gasteiger partial charge in [-0.25, -0.2) is 17.5 Å². The summed E-state index contributed by atoms with van der Waals surface area (Å²) in [5, 5.41) is 11.3. The zero-order chi connectivity index (χ0) is 17.2. The van der Waals surface area contributed by atoms with Gasteiger partial charge >= 0.3 is 0 Å². The lowest BCUT2D eigenvalue weighted by molar-refractivity contribution is 0.539. The fourth-order valence-electron chi connectivity index (χ4n) is 2.23. The molecule has 0 fully saturated rings. The van der Waals surface area contributed by atoms with Gasteiger partial charge in [0.1, 0.15) is 10.7 Å². The number of benzene rings is 2. The molecule has 0 saturated heterocycles. The first kappa shape index (κ1) is 16.2. The van der Waals surface area contributed by atoms with Gasteiger partial charge in [0.05, 0.1) is 11.7 Å². The molecule has 0 saturated carbocycles. The van der Waals surface area contributed by atoms with Gasteiger partial charge in [0, 0.05) is 0 Å². The molecular formula is C15H14FN5O2S. The first-order valence-corrected chi connectivity index (χ1v) is 8.58. The van der Waals surface area contributed by atoms with Crippen LogP contribution in [0.5, 0.6) is 0 Å². The highest BCUT2D eigenvalue weighted by Crippen LogP contribution is 2.19. The van der Waals surface area contributed by atoms with Crippen LogP contribution in [-0.2, 0) is 10.0 Å². The number of aromatic nitrogens is 4. The van der Waals surface area contributed by atoms with Gasteiger partial charge in [-0.2, -0.15) is 4.68 Å². The van der Waals surface area contributed by atoms with Crippen molar-refractivity contribution >= 4 is 10.0 Å². The van der Waals surface area contributed by atoms with E-state index in [4.69, 9.17) is 0 Å². The lowest BCUT2D eigenvalue weighted by atomic mass is 10.3. The minimum absolute atomic E-state index is 0.293. The van der Waals surface area contributed by atoms with Crippen LogP contribution in [0.25, 0.3) is 5.69 Å². The molecule has 1 aromatic heterocycles. The van der Waals surface area contributed by atoms with Crippen LogP contribution in [0.3, 0.4) is 0 Å². The predicted octanol–water partition coefficient (Wildman–Crippen LogP) is 1.84. The second-order valence-corrected chi connectivity index (χ2v) is 6.74. The SMILES string of the molecule is C[C@@H](NS(=O)(=O)c1ccccc1F)c1nnnn1-c1ccccc1. The van der Waals surface area contributed by atoms with Crippen LogP contribution in [0.4, 0.5) is 4.39 Å². The largest absolute Gasteiger partial charge is 0.244 e. The van der Waals surface area contributed by atoms with Gasteiger partial charge < -0.3 is 0 Å². The maximum atomic E-state index is 13.8. The molecule has 1 heterocycles. The maximum Gasteiger partial charge on any atom is 0.244 e. The third kappa shape index (κ3) is 3.17. The topological polar surface area (TPSA) is 89.8 Å². The Hall–Kier alpha value is -2.65. The summed E-state index contributed by atoms with van der Waals surface area (Å²) < 4.78 is 42.3. The van der Waals surface area contributed by atoms with Crippen LogP contribution < -0.4 is 4.72 Å². The summed E-state index contributed by atoms with van der Waals surface area (Å²) in [6.45, 7) is 1.59. The van der Waals surface area contributed by atoms with Gasteiger partial charge in [-0.15, -0.1) is 5.10 Å². The number of halogens is 1. The summed E-state index contributed by atoms with van der Waals surface area (Å²) in [6, 6.07) is 13.5. The number of nitrogens with zero attached hydrogens (tertiary/aromatic N) is 4. The second-order valence-electron chi connectivity index (χ2n) is 5.06. The van der Waals surface area contributed by atoms with E-state index in [1.807, 2.05) is 18.2 Å². The number of rotatable bonds is 5. The van der Waals surface area contributed by atoms with Gasteiger partial charge in [-0.3, -0.25) is 0 Å².